The number of piperidine rings is 1. The van der Waals surface area contributed by atoms with Gasteiger partial charge in [0.15, 0.2) is 5.69 Å². The zero-order valence-corrected chi connectivity index (χ0v) is 18.8. The first kappa shape index (κ1) is 23.7. The summed E-state index contributed by atoms with van der Waals surface area (Å²) in [7, 11) is 0. The third kappa shape index (κ3) is 5.02. The molecule has 3 atom stereocenters. The Labute approximate surface area is 194 Å². The fourth-order valence-corrected chi connectivity index (χ4v) is 4.23. The fraction of sp³-hybridized carbons (Fsp3) is 0.435. The fourth-order valence-electron chi connectivity index (χ4n) is 4.23. The predicted molar refractivity (Wildman–Crippen MR) is 116 cm³/mol. The molecular formula is C23H25F3N6O2. The third-order valence-electron chi connectivity index (χ3n) is 5.92. The maximum absolute atomic E-state index is 13.7. The first-order valence-corrected chi connectivity index (χ1v) is 11.1. The summed E-state index contributed by atoms with van der Waals surface area (Å²) in [5.41, 5.74) is -0.0564. The van der Waals surface area contributed by atoms with Gasteiger partial charge in [0.25, 0.3) is 5.91 Å². The lowest BCUT2D eigenvalue weighted by Crippen LogP contribution is -2.53. The lowest BCUT2D eigenvalue weighted by atomic mass is 9.89. The van der Waals surface area contributed by atoms with Crippen molar-refractivity contribution in [3.63, 3.8) is 0 Å². The molecule has 1 aromatic carbocycles. The van der Waals surface area contributed by atoms with Gasteiger partial charge in [0.05, 0.1) is 42.1 Å². The summed E-state index contributed by atoms with van der Waals surface area (Å²) < 4.78 is 44.4. The summed E-state index contributed by atoms with van der Waals surface area (Å²) >= 11 is 0. The van der Waals surface area contributed by atoms with Crippen molar-refractivity contribution < 1.29 is 22.7 Å². The van der Waals surface area contributed by atoms with Crippen LogP contribution in [0.3, 0.4) is 0 Å². The van der Waals surface area contributed by atoms with Crippen LogP contribution in [-0.2, 0) is 6.18 Å². The van der Waals surface area contributed by atoms with Gasteiger partial charge in [-0.05, 0) is 37.3 Å². The standard InChI is InChI=1S/C23H25F3N6O2/c1-3-19(34-21-13-27-20(12-28-21)23(24,25)26)18-9-8-15(2)14-31(18)22(33)16-6-4-5-7-17(16)32-29-10-11-30-32/h4-7,10-13,15,18-19H,3,8-9,14H2,1-2H3. The molecule has 1 amide bonds. The Morgan fingerprint density at radius 1 is 1.15 bits per heavy atom. The van der Waals surface area contributed by atoms with Gasteiger partial charge in [-0.15, -0.1) is 0 Å². The minimum Gasteiger partial charge on any atom is -0.471 e. The van der Waals surface area contributed by atoms with Gasteiger partial charge in [0, 0.05) is 6.54 Å². The predicted octanol–water partition coefficient (Wildman–Crippen LogP) is 4.17. The van der Waals surface area contributed by atoms with Gasteiger partial charge in [-0.2, -0.15) is 28.2 Å². The van der Waals surface area contributed by atoms with Crippen LogP contribution in [0.1, 0.15) is 49.2 Å². The SMILES string of the molecule is CCC(Oc1cnc(C(F)(F)F)cn1)C1CCC(C)CN1C(=O)c1ccccc1-n1nccn1. The third-order valence-corrected chi connectivity index (χ3v) is 5.92. The number of hydrogen-bond acceptors (Lipinski definition) is 6. The van der Waals surface area contributed by atoms with E-state index in [2.05, 4.69) is 27.1 Å². The molecule has 180 valence electrons. The molecule has 1 fully saturated rings. The van der Waals surface area contributed by atoms with Crippen molar-refractivity contribution in [3.05, 3.63) is 60.3 Å². The van der Waals surface area contributed by atoms with Gasteiger partial charge >= 0.3 is 6.18 Å². The van der Waals surface area contributed by atoms with Crippen LogP contribution in [0.15, 0.2) is 49.1 Å². The van der Waals surface area contributed by atoms with Crippen LogP contribution in [0.5, 0.6) is 5.88 Å². The van der Waals surface area contributed by atoms with Gasteiger partial charge in [-0.25, -0.2) is 9.97 Å². The number of nitrogens with zero attached hydrogens (tertiary/aromatic N) is 6. The van der Waals surface area contributed by atoms with Crippen molar-refractivity contribution >= 4 is 5.91 Å². The average Bonchev–Trinajstić information content (AvgIpc) is 3.37. The van der Waals surface area contributed by atoms with Crippen molar-refractivity contribution in [1.82, 2.24) is 29.9 Å². The first-order valence-electron chi connectivity index (χ1n) is 11.1. The topological polar surface area (TPSA) is 86.0 Å². The summed E-state index contributed by atoms with van der Waals surface area (Å²) in [6, 6.07) is 6.83. The van der Waals surface area contributed by atoms with E-state index in [0.29, 0.717) is 42.8 Å². The highest BCUT2D eigenvalue weighted by molar-refractivity contribution is 5.98. The summed E-state index contributed by atoms with van der Waals surface area (Å²) in [5, 5.41) is 8.31. The quantitative estimate of drug-likeness (QED) is 0.533. The molecule has 1 aliphatic rings. The second kappa shape index (κ2) is 9.78. The van der Waals surface area contributed by atoms with E-state index in [9.17, 15) is 18.0 Å². The van der Waals surface area contributed by atoms with Crippen LogP contribution in [0.25, 0.3) is 5.69 Å². The molecule has 1 saturated heterocycles. The lowest BCUT2D eigenvalue weighted by Gasteiger charge is -2.42. The number of para-hydroxylation sites is 1. The first-order chi connectivity index (χ1) is 16.3. The second-order valence-corrected chi connectivity index (χ2v) is 8.35. The van der Waals surface area contributed by atoms with Crippen LogP contribution in [0.2, 0.25) is 0 Å². The average molecular weight is 474 g/mol. The number of hydrogen-bond donors (Lipinski definition) is 0. The highest BCUT2D eigenvalue weighted by Crippen LogP contribution is 2.31. The van der Waals surface area contributed by atoms with Crippen LogP contribution in [0, 0.1) is 5.92 Å². The van der Waals surface area contributed by atoms with E-state index in [0.717, 1.165) is 12.6 Å². The summed E-state index contributed by atoms with van der Waals surface area (Å²) in [4.78, 5) is 24.2. The number of benzene rings is 1. The normalized spacial score (nSPS) is 19.6. The highest BCUT2D eigenvalue weighted by atomic mass is 19.4. The molecule has 8 nitrogen and oxygen atoms in total. The molecule has 2 aromatic heterocycles. The molecule has 3 aromatic rings. The number of rotatable bonds is 6. The van der Waals surface area contributed by atoms with Crippen molar-refractivity contribution in [2.75, 3.05) is 6.54 Å². The number of aromatic nitrogens is 5. The Bertz CT molecular complexity index is 1100. The number of amides is 1. The maximum Gasteiger partial charge on any atom is 0.434 e. The summed E-state index contributed by atoms with van der Waals surface area (Å²) in [6.07, 6.45) is 1.80. The van der Waals surface area contributed by atoms with E-state index in [1.54, 1.807) is 35.5 Å². The van der Waals surface area contributed by atoms with Crippen LogP contribution in [0.4, 0.5) is 13.2 Å². The number of likely N-dealkylation sites (tertiary alicyclic amines) is 1. The van der Waals surface area contributed by atoms with E-state index in [-0.39, 0.29) is 17.8 Å². The summed E-state index contributed by atoms with van der Waals surface area (Å²) in [5.74, 6) is 0.107. The van der Waals surface area contributed by atoms with E-state index >= 15 is 0 Å². The molecule has 1 aliphatic heterocycles. The molecule has 0 bridgehead atoms. The number of ether oxygens (including phenoxy) is 1. The minimum atomic E-state index is -4.57. The van der Waals surface area contributed by atoms with E-state index in [1.807, 2.05) is 13.0 Å². The van der Waals surface area contributed by atoms with E-state index in [4.69, 9.17) is 4.74 Å². The van der Waals surface area contributed by atoms with Gasteiger partial charge in [0.2, 0.25) is 5.88 Å². The van der Waals surface area contributed by atoms with Crippen molar-refractivity contribution in [2.24, 2.45) is 5.92 Å². The summed E-state index contributed by atoms with van der Waals surface area (Å²) in [6.45, 7) is 4.52. The van der Waals surface area contributed by atoms with Crippen LogP contribution in [-0.4, -0.2) is 54.5 Å². The second-order valence-electron chi connectivity index (χ2n) is 8.35. The number of carbonyl (C=O) groups is 1. The lowest BCUT2D eigenvalue weighted by molar-refractivity contribution is -0.141. The molecule has 34 heavy (non-hydrogen) atoms. The zero-order valence-electron chi connectivity index (χ0n) is 18.8. The monoisotopic (exact) mass is 474 g/mol. The Kier molecular flexibility index (Phi) is 6.80. The smallest absolute Gasteiger partial charge is 0.434 e. The van der Waals surface area contributed by atoms with Gasteiger partial charge < -0.3 is 9.64 Å². The van der Waals surface area contributed by atoms with Gasteiger partial charge in [-0.3, -0.25) is 4.79 Å². The molecule has 3 unspecified atom stereocenters. The minimum absolute atomic E-state index is 0.00740. The van der Waals surface area contributed by atoms with Gasteiger partial charge in [0.1, 0.15) is 6.10 Å². The van der Waals surface area contributed by atoms with Crippen LogP contribution >= 0.6 is 0 Å². The Morgan fingerprint density at radius 2 is 1.88 bits per heavy atom. The molecule has 0 aliphatic carbocycles. The molecule has 0 spiro atoms. The number of alkyl halides is 3. The zero-order chi connectivity index (χ0) is 24.3. The largest absolute Gasteiger partial charge is 0.471 e. The van der Waals surface area contributed by atoms with E-state index in [1.165, 1.54) is 4.80 Å². The Balaban J connectivity index is 1.60. The van der Waals surface area contributed by atoms with Crippen molar-refractivity contribution in [3.8, 4) is 11.6 Å². The molecule has 0 radical (unpaired) electrons. The Hall–Kier alpha value is -3.50. The van der Waals surface area contributed by atoms with E-state index < -0.39 is 18.0 Å². The van der Waals surface area contributed by atoms with Crippen molar-refractivity contribution in [1.29, 1.82) is 0 Å². The molecule has 11 heteroatoms. The van der Waals surface area contributed by atoms with Crippen LogP contribution < -0.4 is 4.74 Å². The molecule has 3 heterocycles. The Morgan fingerprint density at radius 3 is 2.53 bits per heavy atom. The number of halogens is 3. The molecule has 0 N–H and O–H groups in total. The molecule has 4 rings (SSSR count). The number of carbonyl (C=O) groups excluding carboxylic acids is 1. The molecule has 0 saturated carbocycles. The maximum atomic E-state index is 13.7. The molecular weight excluding hydrogens is 449 g/mol. The van der Waals surface area contributed by atoms with Crippen molar-refractivity contribution in [2.45, 2.75) is 51.4 Å². The highest BCUT2D eigenvalue weighted by Gasteiger charge is 2.37. The van der Waals surface area contributed by atoms with Gasteiger partial charge in [-0.1, -0.05) is 26.0 Å².